The van der Waals surface area contributed by atoms with Gasteiger partial charge in [0.05, 0.1) is 17.9 Å². The lowest BCUT2D eigenvalue weighted by Gasteiger charge is -2.35. The number of rotatable bonds is 4. The fourth-order valence-corrected chi connectivity index (χ4v) is 4.62. The van der Waals surface area contributed by atoms with Gasteiger partial charge in [-0.05, 0) is 49.8 Å². The second-order valence-electron chi connectivity index (χ2n) is 9.19. The van der Waals surface area contributed by atoms with E-state index in [1.54, 1.807) is 0 Å². The summed E-state index contributed by atoms with van der Waals surface area (Å²) in [5.74, 6) is 1.28. The Bertz CT molecular complexity index is 801. The number of aliphatic hydroxyl groups excluding tert-OH is 2. The maximum absolute atomic E-state index is 10.5. The van der Waals surface area contributed by atoms with Gasteiger partial charge in [0, 0.05) is 24.2 Å². The van der Waals surface area contributed by atoms with Crippen molar-refractivity contribution in [2.45, 2.75) is 57.7 Å². The van der Waals surface area contributed by atoms with E-state index in [-0.39, 0.29) is 5.41 Å². The maximum atomic E-state index is 10.5. The van der Waals surface area contributed by atoms with Crippen molar-refractivity contribution >= 4 is 0 Å². The van der Waals surface area contributed by atoms with Gasteiger partial charge in [-0.25, -0.2) is 9.97 Å². The van der Waals surface area contributed by atoms with Crippen molar-refractivity contribution < 1.29 is 10.2 Å². The van der Waals surface area contributed by atoms with Crippen molar-refractivity contribution in [2.24, 2.45) is 5.41 Å². The Morgan fingerprint density at radius 1 is 1.18 bits per heavy atom. The quantitative estimate of drug-likeness (QED) is 0.850. The third-order valence-corrected chi connectivity index (χ3v) is 6.24. The van der Waals surface area contributed by atoms with Crippen LogP contribution in [0.5, 0.6) is 0 Å². The molecule has 1 saturated heterocycles. The minimum Gasteiger partial charge on any atom is -0.388 e. The highest BCUT2D eigenvalue weighted by Crippen LogP contribution is 2.40. The fourth-order valence-electron chi connectivity index (χ4n) is 4.62. The standard InChI is InChI=1S/C23H31N3O2/c1-23(2)12-19-18(20(27)13-23)14-24-22(25-19)17-8-10-26(11-9-17)15-21(28)16-6-4-3-5-7-16/h3-7,14,17,20-21,27-28H,8-13,15H2,1-2H3/t20-,21+/m0/s1. The first-order valence-corrected chi connectivity index (χ1v) is 10.4. The number of aromatic nitrogens is 2. The summed E-state index contributed by atoms with van der Waals surface area (Å²) in [6, 6.07) is 9.87. The van der Waals surface area contributed by atoms with E-state index in [1.807, 2.05) is 36.5 Å². The molecule has 2 atom stereocenters. The summed E-state index contributed by atoms with van der Waals surface area (Å²) in [4.78, 5) is 11.8. The Hall–Kier alpha value is -1.82. The van der Waals surface area contributed by atoms with Gasteiger partial charge in [0.15, 0.2) is 0 Å². The number of nitrogens with zero attached hydrogens (tertiary/aromatic N) is 3. The second kappa shape index (κ2) is 7.90. The molecule has 1 aliphatic carbocycles. The highest BCUT2D eigenvalue weighted by molar-refractivity contribution is 5.26. The molecular formula is C23H31N3O2. The van der Waals surface area contributed by atoms with Crippen molar-refractivity contribution in [1.82, 2.24) is 14.9 Å². The lowest BCUT2D eigenvalue weighted by molar-refractivity contribution is 0.0946. The lowest BCUT2D eigenvalue weighted by atomic mass is 9.75. The number of piperidine rings is 1. The van der Waals surface area contributed by atoms with Crippen molar-refractivity contribution in [3.8, 4) is 0 Å². The largest absolute Gasteiger partial charge is 0.388 e. The number of benzene rings is 1. The van der Waals surface area contributed by atoms with E-state index in [2.05, 4.69) is 23.7 Å². The van der Waals surface area contributed by atoms with Crippen LogP contribution in [0.2, 0.25) is 0 Å². The number of hydrogen-bond donors (Lipinski definition) is 2. The van der Waals surface area contributed by atoms with Crippen LogP contribution in [0.4, 0.5) is 0 Å². The Kier molecular flexibility index (Phi) is 5.50. The molecule has 1 fully saturated rings. The molecule has 150 valence electrons. The Balaban J connectivity index is 1.38. The average Bonchev–Trinajstić information content (AvgIpc) is 2.68. The first-order chi connectivity index (χ1) is 13.4. The van der Waals surface area contributed by atoms with Gasteiger partial charge in [-0.2, -0.15) is 0 Å². The van der Waals surface area contributed by atoms with E-state index < -0.39 is 12.2 Å². The first-order valence-electron chi connectivity index (χ1n) is 10.4. The van der Waals surface area contributed by atoms with Crippen LogP contribution in [0.3, 0.4) is 0 Å². The third kappa shape index (κ3) is 4.27. The number of likely N-dealkylation sites (tertiary alicyclic amines) is 1. The molecule has 0 spiro atoms. The number of β-amino-alcohol motifs (C(OH)–C–C–N with tert-alkyl or cyclic N) is 1. The molecule has 2 aliphatic rings. The van der Waals surface area contributed by atoms with Crippen LogP contribution in [0.15, 0.2) is 36.5 Å². The smallest absolute Gasteiger partial charge is 0.131 e. The lowest BCUT2D eigenvalue weighted by Crippen LogP contribution is -2.36. The van der Waals surface area contributed by atoms with Crippen molar-refractivity contribution in [3.05, 3.63) is 59.2 Å². The zero-order chi connectivity index (χ0) is 19.7. The molecule has 0 saturated carbocycles. The molecule has 2 aromatic rings. The van der Waals surface area contributed by atoms with Crippen LogP contribution < -0.4 is 0 Å². The summed E-state index contributed by atoms with van der Waals surface area (Å²) in [5.41, 5.74) is 2.99. The minimum atomic E-state index is -0.450. The molecule has 1 aromatic carbocycles. The fraction of sp³-hybridized carbons (Fsp3) is 0.565. The topological polar surface area (TPSA) is 69.5 Å². The van der Waals surface area contributed by atoms with Gasteiger partial charge < -0.3 is 15.1 Å². The van der Waals surface area contributed by atoms with Crippen LogP contribution in [0.25, 0.3) is 0 Å². The second-order valence-corrected chi connectivity index (χ2v) is 9.19. The summed E-state index contributed by atoms with van der Waals surface area (Å²) in [5, 5.41) is 20.9. The maximum Gasteiger partial charge on any atom is 0.131 e. The molecule has 0 amide bonds. The zero-order valence-corrected chi connectivity index (χ0v) is 16.9. The van der Waals surface area contributed by atoms with Gasteiger partial charge in [-0.3, -0.25) is 0 Å². The van der Waals surface area contributed by atoms with E-state index in [0.29, 0.717) is 12.5 Å². The molecule has 2 N–H and O–H groups in total. The molecule has 5 nitrogen and oxygen atoms in total. The first kappa shape index (κ1) is 19.5. The molecule has 4 rings (SSSR count). The minimum absolute atomic E-state index is 0.0784. The van der Waals surface area contributed by atoms with Crippen LogP contribution >= 0.6 is 0 Å². The third-order valence-electron chi connectivity index (χ3n) is 6.24. The van der Waals surface area contributed by atoms with Crippen LogP contribution in [-0.4, -0.2) is 44.7 Å². The zero-order valence-electron chi connectivity index (χ0n) is 16.9. The van der Waals surface area contributed by atoms with Crippen molar-refractivity contribution in [1.29, 1.82) is 0 Å². The molecule has 5 heteroatoms. The van der Waals surface area contributed by atoms with Crippen LogP contribution in [0, 0.1) is 5.41 Å². The van der Waals surface area contributed by atoms with Gasteiger partial charge in [0.2, 0.25) is 0 Å². The summed E-state index contributed by atoms with van der Waals surface area (Å²) >= 11 is 0. The van der Waals surface area contributed by atoms with Gasteiger partial charge >= 0.3 is 0 Å². The van der Waals surface area contributed by atoms with E-state index in [4.69, 9.17) is 4.98 Å². The predicted molar refractivity (Wildman–Crippen MR) is 109 cm³/mol. The molecule has 1 aliphatic heterocycles. The van der Waals surface area contributed by atoms with E-state index in [1.165, 1.54) is 0 Å². The SMILES string of the molecule is CC1(C)Cc2nc(C3CCN(C[C@@H](O)c4ccccc4)CC3)ncc2[C@@H](O)C1. The molecule has 1 aromatic heterocycles. The van der Waals surface area contributed by atoms with Crippen molar-refractivity contribution in [3.63, 3.8) is 0 Å². The van der Waals surface area contributed by atoms with Crippen LogP contribution in [-0.2, 0) is 6.42 Å². The van der Waals surface area contributed by atoms with Crippen LogP contribution in [0.1, 0.15) is 73.9 Å². The normalized spacial score (nSPS) is 23.9. The van der Waals surface area contributed by atoms with Gasteiger partial charge in [0.1, 0.15) is 5.82 Å². The van der Waals surface area contributed by atoms with E-state index in [0.717, 1.165) is 61.4 Å². The van der Waals surface area contributed by atoms with Gasteiger partial charge in [-0.1, -0.05) is 44.2 Å². The Morgan fingerprint density at radius 2 is 1.89 bits per heavy atom. The molecule has 0 radical (unpaired) electrons. The molecule has 28 heavy (non-hydrogen) atoms. The molecule has 0 unspecified atom stereocenters. The summed E-state index contributed by atoms with van der Waals surface area (Å²) in [6.07, 6.45) is 4.64. The average molecular weight is 382 g/mol. The summed E-state index contributed by atoms with van der Waals surface area (Å²) < 4.78 is 0. The Morgan fingerprint density at radius 3 is 2.61 bits per heavy atom. The highest BCUT2D eigenvalue weighted by Gasteiger charge is 2.33. The predicted octanol–water partition coefficient (Wildman–Crippen LogP) is 3.40. The van der Waals surface area contributed by atoms with Gasteiger partial charge in [0.25, 0.3) is 0 Å². The summed E-state index contributed by atoms with van der Waals surface area (Å²) in [6.45, 7) is 6.95. The van der Waals surface area contributed by atoms with Crippen molar-refractivity contribution in [2.75, 3.05) is 19.6 Å². The number of aliphatic hydroxyl groups is 2. The monoisotopic (exact) mass is 381 g/mol. The summed E-state index contributed by atoms with van der Waals surface area (Å²) in [7, 11) is 0. The van der Waals surface area contributed by atoms with E-state index >= 15 is 0 Å². The number of fused-ring (bicyclic) bond motifs is 1. The molecular weight excluding hydrogens is 350 g/mol. The number of hydrogen-bond acceptors (Lipinski definition) is 5. The highest BCUT2D eigenvalue weighted by atomic mass is 16.3. The van der Waals surface area contributed by atoms with E-state index in [9.17, 15) is 10.2 Å². The van der Waals surface area contributed by atoms with Gasteiger partial charge in [-0.15, -0.1) is 0 Å². The Labute approximate surface area is 167 Å². The molecule has 2 heterocycles. The molecule has 0 bridgehead atoms.